The van der Waals surface area contributed by atoms with Crippen LogP contribution in [0.3, 0.4) is 0 Å². The standard InChI is InChI=1S/C66H63N3.C26H15Br2N.C21H26.C14H9Br.C13H8Br2/c1-63(2,3)44-18-27-57-53(34-44)54-35-45(64(4,5)6)19-28-58(54)67(57)49-23-25-51-52-26-24-50(68-59-29-20-46(65(7,8)9)36-55(59)56-37-47(66(10,11)12)21-30-60(56)68)39-62(52)69(61(51)38-49)48-22-17-42-31-40-15-13-14-16-41(40)32-43(42)33-48;27-20-6-9-23-24-10-7-21(28)15-26(24)29(25(23)14-20)22-8-5-18-11-16-3-1-2-4-17(16)12-19(18)13-22;1-20(2,3)16-9-7-14-11-15-8-10-17(21(4,5)6)13-19(15)18(14)12-16;15-14-6-5-12-7-10-3-1-2-4-11(10)8-13(12)9-14;14-10-1-3-12-8(6-10)5-9-7-11(15)2-4-13(9)12/h13-39H,1-12H3;1-15H;7-10,12-13H,11H2,1-6H3;1-9H;1-4,6-7H,5H2. The van der Waals surface area contributed by atoms with Crippen molar-refractivity contribution in [3.63, 3.8) is 0 Å². The average molecular weight is 2260 g/mol. The molecule has 0 amide bonds. The van der Waals surface area contributed by atoms with Crippen molar-refractivity contribution >= 4 is 232 Å². The lowest BCUT2D eigenvalue weighted by Gasteiger charge is -2.21. The van der Waals surface area contributed by atoms with Gasteiger partial charge in [-0.25, -0.2) is 0 Å². The fourth-order valence-corrected chi connectivity index (χ4v) is 24.5. The Hall–Kier alpha value is -13.2. The van der Waals surface area contributed by atoms with E-state index in [1.165, 1.54) is 235 Å². The Morgan fingerprint density at radius 1 is 0.154 bits per heavy atom. The van der Waals surface area contributed by atoms with E-state index >= 15 is 0 Å². The Morgan fingerprint density at radius 2 is 0.383 bits per heavy atom. The molecular weight excluding hydrogens is 2140 g/mol. The number of benzene rings is 21. The van der Waals surface area contributed by atoms with Crippen LogP contribution in [-0.2, 0) is 45.3 Å². The number of halogens is 5. The molecule has 25 aromatic rings. The molecule has 0 aliphatic heterocycles. The summed E-state index contributed by atoms with van der Waals surface area (Å²) in [7, 11) is 0. The van der Waals surface area contributed by atoms with Crippen molar-refractivity contribution in [2.45, 2.75) is 170 Å². The Morgan fingerprint density at radius 3 is 0.711 bits per heavy atom. The van der Waals surface area contributed by atoms with Crippen LogP contribution in [0.1, 0.15) is 180 Å². The summed E-state index contributed by atoms with van der Waals surface area (Å²) in [6, 6.07) is 142. The van der Waals surface area contributed by atoms with Crippen LogP contribution in [0.15, 0.2) is 405 Å². The van der Waals surface area contributed by atoms with Crippen molar-refractivity contribution in [3.05, 3.63) is 460 Å². The van der Waals surface area contributed by atoms with Crippen LogP contribution >= 0.6 is 79.6 Å². The van der Waals surface area contributed by atoms with E-state index in [1.807, 2.05) is 0 Å². The molecule has 9 heteroatoms. The summed E-state index contributed by atoms with van der Waals surface area (Å²) in [5.41, 5.74) is 34.5. The molecule has 0 atom stereocenters. The quantitative estimate of drug-likeness (QED) is 0.157. The Balaban J connectivity index is 0.000000122. The molecule has 27 rings (SSSR count). The van der Waals surface area contributed by atoms with Crippen LogP contribution < -0.4 is 0 Å². The van der Waals surface area contributed by atoms with Gasteiger partial charge in [0, 0.05) is 88.2 Å². The van der Waals surface area contributed by atoms with Gasteiger partial charge in [-0.05, 0) is 382 Å². The largest absolute Gasteiger partial charge is 0.309 e. The van der Waals surface area contributed by atoms with Gasteiger partial charge >= 0.3 is 0 Å². The van der Waals surface area contributed by atoms with Crippen molar-refractivity contribution in [2.24, 2.45) is 0 Å². The van der Waals surface area contributed by atoms with Crippen molar-refractivity contribution in [1.29, 1.82) is 0 Å². The highest BCUT2D eigenvalue weighted by Gasteiger charge is 2.30. The first kappa shape index (κ1) is 99.1. The minimum Gasteiger partial charge on any atom is -0.309 e. The molecule has 0 N–H and O–H groups in total. The average Bonchev–Trinajstić information content (AvgIpc) is 1.55. The Kier molecular flexibility index (Phi) is 25.1. The van der Waals surface area contributed by atoms with E-state index in [1.54, 1.807) is 0 Å². The number of nitrogens with zero attached hydrogens (tertiary/aromatic N) is 4. The van der Waals surface area contributed by atoms with Crippen LogP contribution in [0, 0.1) is 0 Å². The third kappa shape index (κ3) is 18.9. The fourth-order valence-electron chi connectivity index (χ4n) is 22.6. The maximum absolute atomic E-state index is 3.66. The lowest BCUT2D eigenvalue weighted by Crippen LogP contribution is -2.11. The van der Waals surface area contributed by atoms with Gasteiger partial charge < -0.3 is 18.3 Å². The zero-order valence-electron chi connectivity index (χ0n) is 88.0. The summed E-state index contributed by atoms with van der Waals surface area (Å²) in [5, 5.41) is 25.4. The smallest absolute Gasteiger partial charge is 0.0561 e. The number of fused-ring (bicyclic) bond motifs is 24. The third-order valence-electron chi connectivity index (χ3n) is 30.9. The lowest BCUT2D eigenvalue weighted by molar-refractivity contribution is 0.589. The second kappa shape index (κ2) is 37.8. The van der Waals surface area contributed by atoms with Crippen LogP contribution in [0.25, 0.3) is 197 Å². The summed E-state index contributed by atoms with van der Waals surface area (Å²) in [6.07, 6.45) is 2.13. The second-order valence-electron chi connectivity index (χ2n) is 47.3. The maximum Gasteiger partial charge on any atom is 0.0561 e. The molecule has 0 radical (unpaired) electrons. The first-order valence-electron chi connectivity index (χ1n) is 52.1. The first-order valence-corrected chi connectivity index (χ1v) is 56.0. The van der Waals surface area contributed by atoms with E-state index in [0.717, 1.165) is 52.3 Å². The molecule has 0 saturated heterocycles. The van der Waals surface area contributed by atoms with E-state index in [-0.39, 0.29) is 32.5 Å². The van der Waals surface area contributed by atoms with Gasteiger partial charge in [0.25, 0.3) is 0 Å². The normalized spacial score (nSPS) is 12.7. The van der Waals surface area contributed by atoms with Gasteiger partial charge in [-0.2, -0.15) is 0 Å². The summed E-state index contributed by atoms with van der Waals surface area (Å²) < 4.78 is 15.5. The number of hydrogen-bond acceptors (Lipinski definition) is 0. The number of rotatable bonds is 4. The molecule has 0 unspecified atom stereocenters. The van der Waals surface area contributed by atoms with Gasteiger partial charge in [-0.3, -0.25) is 0 Å². The maximum atomic E-state index is 3.66. The minimum atomic E-state index is 0.0268. The highest BCUT2D eigenvalue weighted by atomic mass is 79.9. The van der Waals surface area contributed by atoms with Crippen LogP contribution in [0.5, 0.6) is 0 Å². The van der Waals surface area contributed by atoms with E-state index in [2.05, 4.69) is 605 Å². The van der Waals surface area contributed by atoms with Crippen LogP contribution in [0.4, 0.5) is 0 Å². The van der Waals surface area contributed by atoms with Crippen LogP contribution in [-0.4, -0.2) is 18.3 Å². The Labute approximate surface area is 916 Å². The molecule has 2 aliphatic carbocycles. The van der Waals surface area contributed by atoms with Crippen molar-refractivity contribution in [1.82, 2.24) is 18.3 Å². The molecule has 0 fully saturated rings. The van der Waals surface area contributed by atoms with Crippen molar-refractivity contribution in [2.75, 3.05) is 0 Å². The first-order chi connectivity index (χ1) is 71.1. The topological polar surface area (TPSA) is 19.7 Å². The molecule has 0 saturated carbocycles. The van der Waals surface area contributed by atoms with Gasteiger partial charge in [-0.1, -0.05) is 392 Å². The van der Waals surface area contributed by atoms with E-state index in [4.69, 9.17) is 0 Å². The molecule has 736 valence electrons. The zero-order valence-corrected chi connectivity index (χ0v) is 95.9. The summed E-state index contributed by atoms with van der Waals surface area (Å²) in [4.78, 5) is 0. The molecule has 149 heavy (non-hydrogen) atoms. The van der Waals surface area contributed by atoms with Crippen molar-refractivity contribution < 1.29 is 0 Å². The molecule has 4 nitrogen and oxygen atoms in total. The third-order valence-corrected chi connectivity index (χ3v) is 33.4. The monoisotopic (exact) mass is 2250 g/mol. The lowest BCUT2D eigenvalue weighted by atomic mass is 9.83. The molecule has 4 aromatic heterocycles. The SMILES string of the molecule is Brc1ccc2c(c1)Cc1cc(Br)ccc1-2.Brc1ccc2c3ccc(Br)cc3n(-c3ccc4cc5ccccc5cc4c3)c2c1.Brc1ccc2cc3ccccc3cc2c1.CC(C)(C)c1ccc2c(c1)-c1cc(C(C)(C)C)ccc1C2.CC(C)(C)c1ccc2c(c1)c1cc(C(C)(C)C)ccc1n2-c1ccc2c3ccc(-n4c5ccc(C(C)(C)C)cc5c5cc(C(C)(C)C)ccc54)cc3n(-c3ccc4cc5ccccc5cc4c3)c2c1. The molecule has 4 heterocycles. The molecule has 0 bridgehead atoms. The minimum absolute atomic E-state index is 0.0268. The molecule has 0 spiro atoms. The highest BCUT2D eigenvalue weighted by Crippen LogP contribution is 2.49. The van der Waals surface area contributed by atoms with Gasteiger partial charge in [0.2, 0.25) is 0 Å². The number of aromatic nitrogens is 4. The fraction of sp³-hybridized carbons (Fsp3) is 0.186. The van der Waals surface area contributed by atoms with Gasteiger partial charge in [0.1, 0.15) is 0 Å². The molecule has 21 aromatic carbocycles. The number of hydrogen-bond donors (Lipinski definition) is 0. The van der Waals surface area contributed by atoms with Crippen LogP contribution in [0.2, 0.25) is 0 Å². The van der Waals surface area contributed by atoms with E-state index < -0.39 is 0 Å². The predicted octanol–water partition coefficient (Wildman–Crippen LogP) is 42.5. The molecule has 2 aliphatic rings. The van der Waals surface area contributed by atoms with Gasteiger partial charge in [0.05, 0.1) is 44.1 Å². The van der Waals surface area contributed by atoms with E-state index in [0.29, 0.717) is 0 Å². The summed E-state index contributed by atoms with van der Waals surface area (Å²) in [5.74, 6) is 0. The highest BCUT2D eigenvalue weighted by molar-refractivity contribution is 9.11. The molecular formula is C140H121Br5N4. The van der Waals surface area contributed by atoms with Gasteiger partial charge in [-0.15, -0.1) is 0 Å². The summed E-state index contributed by atoms with van der Waals surface area (Å²) in [6.45, 7) is 41.5. The second-order valence-corrected chi connectivity index (χ2v) is 51.9. The predicted molar refractivity (Wildman–Crippen MR) is 662 cm³/mol. The van der Waals surface area contributed by atoms with Crippen molar-refractivity contribution in [3.8, 4) is 45.0 Å². The zero-order chi connectivity index (χ0) is 104. The Bertz CT molecular complexity index is 9270. The van der Waals surface area contributed by atoms with Gasteiger partial charge in [0.15, 0.2) is 0 Å². The van der Waals surface area contributed by atoms with E-state index in [9.17, 15) is 0 Å². The summed E-state index contributed by atoms with van der Waals surface area (Å²) >= 11 is 17.8.